The molecule has 21 heavy (non-hydrogen) atoms. The summed E-state index contributed by atoms with van der Waals surface area (Å²) in [4.78, 5) is 10.6. The summed E-state index contributed by atoms with van der Waals surface area (Å²) in [7, 11) is 1.56. The summed E-state index contributed by atoms with van der Waals surface area (Å²) in [6, 6.07) is 4.76. The quantitative estimate of drug-likeness (QED) is 0.465. The fraction of sp³-hybridized carbons (Fsp3) is 0.571. The lowest BCUT2D eigenvalue weighted by molar-refractivity contribution is -0.386. The second kappa shape index (κ2) is 6.84. The average molecular weight is 297 g/mol. The van der Waals surface area contributed by atoms with Crippen LogP contribution in [0.5, 0.6) is 5.75 Å². The highest BCUT2D eigenvalue weighted by atomic mass is 16.6. The summed E-state index contributed by atoms with van der Waals surface area (Å²) in [6.45, 7) is 2.51. The van der Waals surface area contributed by atoms with Gasteiger partial charge in [0.15, 0.2) is 5.75 Å². The highest BCUT2D eigenvalue weighted by Crippen LogP contribution is 2.36. The van der Waals surface area contributed by atoms with Crippen molar-refractivity contribution in [3.63, 3.8) is 0 Å². The van der Waals surface area contributed by atoms with Gasteiger partial charge in [0.2, 0.25) is 0 Å². The Morgan fingerprint density at radius 2 is 2.19 bits per heavy atom. The van der Waals surface area contributed by atoms with E-state index in [4.69, 9.17) is 14.2 Å². The molecule has 2 rings (SSSR count). The van der Waals surface area contributed by atoms with Crippen LogP contribution in [0.2, 0.25) is 0 Å². The average Bonchev–Trinajstić information content (AvgIpc) is 2.44. The van der Waals surface area contributed by atoms with E-state index in [-0.39, 0.29) is 11.4 Å². The maximum atomic E-state index is 11.0. The van der Waals surface area contributed by atoms with Crippen molar-refractivity contribution in [2.45, 2.75) is 31.7 Å². The van der Waals surface area contributed by atoms with E-state index in [0.717, 1.165) is 0 Å². The molecule has 1 saturated carbocycles. The van der Waals surface area contributed by atoms with Crippen LogP contribution < -0.4 is 4.74 Å². The van der Waals surface area contributed by atoms with Gasteiger partial charge in [-0.15, -0.1) is 0 Å². The first-order valence-corrected chi connectivity index (χ1v) is 6.74. The molecule has 7 heteroatoms. The molecule has 1 N–H and O–H groups in total. The van der Waals surface area contributed by atoms with Crippen LogP contribution in [0.15, 0.2) is 18.2 Å². The number of hydrogen-bond acceptors (Lipinski definition) is 6. The number of hydrogen-bond donors (Lipinski definition) is 1. The number of benzene rings is 1. The van der Waals surface area contributed by atoms with Crippen LogP contribution in [0, 0.1) is 17.0 Å². The predicted octanol–water partition coefficient (Wildman–Crippen LogP) is 1.45. The zero-order valence-electron chi connectivity index (χ0n) is 12.0. The molecule has 0 radical (unpaired) electrons. The molecule has 0 bridgehead atoms. The third kappa shape index (κ3) is 3.49. The van der Waals surface area contributed by atoms with Gasteiger partial charge in [-0.1, -0.05) is 12.1 Å². The first-order valence-electron chi connectivity index (χ1n) is 6.74. The van der Waals surface area contributed by atoms with Crippen molar-refractivity contribution in [1.29, 1.82) is 0 Å². The maximum Gasteiger partial charge on any atom is 0.311 e. The lowest BCUT2D eigenvalue weighted by Gasteiger charge is -2.40. The van der Waals surface area contributed by atoms with Crippen LogP contribution in [0.1, 0.15) is 12.0 Å². The smallest absolute Gasteiger partial charge is 0.311 e. The van der Waals surface area contributed by atoms with Gasteiger partial charge in [-0.3, -0.25) is 10.1 Å². The van der Waals surface area contributed by atoms with E-state index in [1.807, 2.05) is 0 Å². The largest absolute Gasteiger partial charge is 0.480 e. The molecule has 1 aliphatic rings. The maximum absolute atomic E-state index is 11.0. The van der Waals surface area contributed by atoms with Crippen LogP contribution in [0.25, 0.3) is 0 Å². The van der Waals surface area contributed by atoms with Gasteiger partial charge >= 0.3 is 5.69 Å². The summed E-state index contributed by atoms with van der Waals surface area (Å²) in [6.07, 6.45) is -1.10. The fourth-order valence-corrected chi connectivity index (χ4v) is 2.24. The molecule has 1 fully saturated rings. The zero-order valence-corrected chi connectivity index (χ0v) is 12.0. The van der Waals surface area contributed by atoms with Crippen LogP contribution in [0.3, 0.4) is 0 Å². The third-order valence-corrected chi connectivity index (χ3v) is 3.47. The fourth-order valence-electron chi connectivity index (χ4n) is 2.24. The number of methoxy groups -OCH3 is 1. The standard InChI is InChI=1S/C14H19NO6/c1-9-4-3-5-10(15(17)18)13(9)21-12-8-11(16)14(12)20-7-6-19-2/h3-5,11-12,14,16H,6-8H2,1-2H3. The van der Waals surface area contributed by atoms with Gasteiger partial charge in [-0.25, -0.2) is 0 Å². The Morgan fingerprint density at radius 1 is 1.43 bits per heavy atom. The van der Waals surface area contributed by atoms with Crippen molar-refractivity contribution in [3.8, 4) is 5.75 Å². The topological polar surface area (TPSA) is 91.1 Å². The Morgan fingerprint density at radius 3 is 2.81 bits per heavy atom. The number of para-hydroxylation sites is 1. The third-order valence-electron chi connectivity index (χ3n) is 3.47. The van der Waals surface area contributed by atoms with Gasteiger partial charge in [-0.2, -0.15) is 0 Å². The zero-order chi connectivity index (χ0) is 15.4. The van der Waals surface area contributed by atoms with Crippen LogP contribution in [-0.2, 0) is 9.47 Å². The second-order valence-corrected chi connectivity index (χ2v) is 4.97. The van der Waals surface area contributed by atoms with Crippen molar-refractivity contribution in [1.82, 2.24) is 0 Å². The second-order valence-electron chi connectivity index (χ2n) is 4.97. The Bertz CT molecular complexity index is 506. The molecule has 0 amide bonds. The Labute approximate surface area is 122 Å². The van der Waals surface area contributed by atoms with Crippen molar-refractivity contribution in [3.05, 3.63) is 33.9 Å². The van der Waals surface area contributed by atoms with Crippen LogP contribution in [-0.4, -0.2) is 48.7 Å². The highest BCUT2D eigenvalue weighted by molar-refractivity contribution is 5.51. The minimum Gasteiger partial charge on any atom is -0.480 e. The molecule has 3 unspecified atom stereocenters. The van der Waals surface area contributed by atoms with Gasteiger partial charge in [0.25, 0.3) is 0 Å². The molecule has 7 nitrogen and oxygen atoms in total. The lowest BCUT2D eigenvalue weighted by atomic mass is 9.88. The molecule has 116 valence electrons. The first kappa shape index (κ1) is 15.7. The number of nitrogens with zero attached hydrogens (tertiary/aromatic N) is 1. The normalized spacial score (nSPS) is 24.4. The summed E-state index contributed by atoms with van der Waals surface area (Å²) < 4.78 is 16.1. The van der Waals surface area contributed by atoms with Crippen LogP contribution >= 0.6 is 0 Å². The molecule has 3 atom stereocenters. The number of aryl methyl sites for hydroxylation is 1. The molecule has 1 aromatic carbocycles. The number of aliphatic hydroxyl groups excluding tert-OH is 1. The summed E-state index contributed by atoms with van der Waals surface area (Å²) in [5.74, 6) is 0.236. The molecule has 0 spiro atoms. The first-order chi connectivity index (χ1) is 10.0. The Hall–Kier alpha value is -1.70. The van der Waals surface area contributed by atoms with Gasteiger partial charge in [0, 0.05) is 19.6 Å². The van der Waals surface area contributed by atoms with E-state index >= 15 is 0 Å². The molecule has 0 aromatic heterocycles. The summed E-state index contributed by atoms with van der Waals surface area (Å²) >= 11 is 0. The monoisotopic (exact) mass is 297 g/mol. The van der Waals surface area contributed by atoms with Gasteiger partial charge < -0.3 is 19.3 Å². The minimum atomic E-state index is -0.616. The number of nitro benzene ring substituents is 1. The number of nitro groups is 1. The minimum absolute atomic E-state index is 0.0768. The van der Waals surface area contributed by atoms with E-state index in [1.165, 1.54) is 6.07 Å². The molecular weight excluding hydrogens is 278 g/mol. The molecule has 0 aliphatic heterocycles. The van der Waals surface area contributed by atoms with Gasteiger partial charge in [0.1, 0.15) is 12.2 Å². The molecule has 1 aliphatic carbocycles. The predicted molar refractivity (Wildman–Crippen MR) is 74.5 cm³/mol. The summed E-state index contributed by atoms with van der Waals surface area (Å²) in [5, 5.41) is 20.8. The Kier molecular flexibility index (Phi) is 5.11. The summed E-state index contributed by atoms with van der Waals surface area (Å²) in [5.41, 5.74) is 0.605. The van der Waals surface area contributed by atoms with E-state index in [0.29, 0.717) is 25.2 Å². The van der Waals surface area contributed by atoms with Crippen molar-refractivity contribution in [2.75, 3.05) is 20.3 Å². The van der Waals surface area contributed by atoms with Crippen molar-refractivity contribution in [2.24, 2.45) is 0 Å². The van der Waals surface area contributed by atoms with Gasteiger partial charge in [-0.05, 0) is 12.5 Å². The van der Waals surface area contributed by atoms with E-state index in [1.54, 1.807) is 26.2 Å². The van der Waals surface area contributed by atoms with Crippen molar-refractivity contribution >= 4 is 5.69 Å². The number of rotatable bonds is 7. The van der Waals surface area contributed by atoms with E-state index in [9.17, 15) is 15.2 Å². The SMILES string of the molecule is COCCOC1C(O)CC1Oc1c(C)cccc1[N+](=O)[O-]. The number of ether oxygens (including phenoxy) is 3. The molecule has 1 aromatic rings. The number of aliphatic hydroxyl groups is 1. The highest BCUT2D eigenvalue weighted by Gasteiger charge is 2.43. The van der Waals surface area contributed by atoms with Gasteiger partial charge in [0.05, 0.1) is 24.2 Å². The van der Waals surface area contributed by atoms with E-state index < -0.39 is 23.2 Å². The molecule has 0 saturated heterocycles. The lowest BCUT2D eigenvalue weighted by Crippen LogP contribution is -2.55. The molecule has 0 heterocycles. The Balaban J connectivity index is 2.06. The van der Waals surface area contributed by atoms with Crippen LogP contribution in [0.4, 0.5) is 5.69 Å². The molecular formula is C14H19NO6. The van der Waals surface area contributed by atoms with E-state index in [2.05, 4.69) is 0 Å². The van der Waals surface area contributed by atoms with Crippen molar-refractivity contribution < 1.29 is 24.2 Å².